The Kier molecular flexibility index (Phi) is 3.13. The Labute approximate surface area is 115 Å². The van der Waals surface area contributed by atoms with Gasteiger partial charge in [0.15, 0.2) is 0 Å². The summed E-state index contributed by atoms with van der Waals surface area (Å²) in [5.41, 5.74) is 9.94. The lowest BCUT2D eigenvalue weighted by atomic mass is 10.2. The Balaban J connectivity index is 2.04. The first-order valence-corrected chi connectivity index (χ1v) is 7.21. The first kappa shape index (κ1) is 12.0. The Morgan fingerprint density at radius 3 is 2.84 bits per heavy atom. The number of fused-ring (bicyclic) bond motifs is 1. The van der Waals surface area contributed by atoms with Gasteiger partial charge in [-0.2, -0.15) is 0 Å². The van der Waals surface area contributed by atoms with Crippen molar-refractivity contribution in [3.8, 4) is 0 Å². The molecule has 0 saturated carbocycles. The van der Waals surface area contributed by atoms with Crippen LogP contribution in [0.1, 0.15) is 5.56 Å². The van der Waals surface area contributed by atoms with Gasteiger partial charge in [-0.3, -0.25) is 0 Å². The summed E-state index contributed by atoms with van der Waals surface area (Å²) < 4.78 is 1.91. The molecule has 0 spiro atoms. The Bertz CT molecular complexity index is 720. The van der Waals surface area contributed by atoms with Gasteiger partial charge in [-0.25, -0.2) is 4.68 Å². The molecule has 5 heteroatoms. The van der Waals surface area contributed by atoms with Crippen molar-refractivity contribution in [3.05, 3.63) is 48.0 Å². The largest absolute Gasteiger partial charge is 0.398 e. The Morgan fingerprint density at radius 1 is 1.16 bits per heavy atom. The van der Waals surface area contributed by atoms with E-state index in [-0.39, 0.29) is 0 Å². The van der Waals surface area contributed by atoms with E-state index >= 15 is 0 Å². The lowest BCUT2D eigenvalue weighted by Gasteiger charge is -2.10. The average molecular weight is 270 g/mol. The Hall–Kier alpha value is -2.01. The molecule has 0 bridgehead atoms. The molecule has 0 radical (unpaired) electrons. The predicted molar refractivity (Wildman–Crippen MR) is 79.3 cm³/mol. The monoisotopic (exact) mass is 270 g/mol. The van der Waals surface area contributed by atoms with Gasteiger partial charge in [-0.1, -0.05) is 29.5 Å². The minimum atomic E-state index is 0.682. The molecule has 2 N–H and O–H groups in total. The van der Waals surface area contributed by atoms with E-state index in [2.05, 4.69) is 16.4 Å². The van der Waals surface area contributed by atoms with Gasteiger partial charge in [0.2, 0.25) is 0 Å². The second-order valence-corrected chi connectivity index (χ2v) is 5.09. The zero-order chi connectivity index (χ0) is 13.2. The molecule has 1 aromatic heterocycles. The van der Waals surface area contributed by atoms with Crippen molar-refractivity contribution in [3.63, 3.8) is 0 Å². The zero-order valence-electron chi connectivity index (χ0n) is 10.6. The maximum Gasteiger partial charge on any atom is 0.113 e. The van der Waals surface area contributed by atoms with E-state index in [9.17, 15) is 0 Å². The smallest absolute Gasteiger partial charge is 0.113 e. The van der Waals surface area contributed by atoms with Gasteiger partial charge in [0.05, 0.1) is 12.1 Å². The van der Waals surface area contributed by atoms with Gasteiger partial charge in [0.25, 0.3) is 0 Å². The van der Waals surface area contributed by atoms with Crippen LogP contribution in [0.4, 0.5) is 5.69 Å². The van der Waals surface area contributed by atoms with Crippen LogP contribution >= 0.6 is 11.8 Å². The van der Waals surface area contributed by atoms with Crippen molar-refractivity contribution in [2.24, 2.45) is 0 Å². The number of nitrogens with zero attached hydrogens (tertiary/aromatic N) is 3. The van der Waals surface area contributed by atoms with E-state index in [0.717, 1.165) is 21.6 Å². The number of hydrogen-bond donors (Lipinski definition) is 1. The molecule has 0 aliphatic carbocycles. The average Bonchev–Trinajstić information content (AvgIpc) is 2.83. The summed E-state index contributed by atoms with van der Waals surface area (Å²) in [4.78, 5) is 1.11. The highest BCUT2D eigenvalue weighted by Gasteiger charge is 2.09. The third kappa shape index (κ3) is 2.17. The number of aromatic nitrogens is 3. The third-order valence-corrected chi connectivity index (χ3v) is 3.98. The van der Waals surface area contributed by atoms with Crippen LogP contribution in [0.2, 0.25) is 0 Å². The topological polar surface area (TPSA) is 56.7 Å². The van der Waals surface area contributed by atoms with Gasteiger partial charge in [-0.05, 0) is 30.0 Å². The summed E-state index contributed by atoms with van der Waals surface area (Å²) in [6.07, 6.45) is 2.04. The molecule has 4 nitrogen and oxygen atoms in total. The molecule has 0 saturated heterocycles. The van der Waals surface area contributed by atoms with Crippen LogP contribution in [0.5, 0.6) is 0 Å². The van der Waals surface area contributed by atoms with E-state index in [1.807, 2.05) is 47.3 Å². The lowest BCUT2D eigenvalue weighted by Crippen LogP contribution is -2.04. The first-order chi connectivity index (χ1) is 9.29. The van der Waals surface area contributed by atoms with Gasteiger partial charge in [-0.15, -0.1) is 16.9 Å². The third-order valence-electron chi connectivity index (χ3n) is 3.07. The van der Waals surface area contributed by atoms with Crippen LogP contribution in [0.15, 0.2) is 47.4 Å². The summed E-state index contributed by atoms with van der Waals surface area (Å²) >= 11 is 1.66. The Morgan fingerprint density at radius 2 is 2.00 bits per heavy atom. The summed E-state index contributed by atoms with van der Waals surface area (Å²) in [7, 11) is 0. The number of rotatable bonds is 3. The van der Waals surface area contributed by atoms with Crippen molar-refractivity contribution in [2.45, 2.75) is 11.4 Å². The van der Waals surface area contributed by atoms with Gasteiger partial charge in [0.1, 0.15) is 5.52 Å². The number of para-hydroxylation sites is 1. The summed E-state index contributed by atoms with van der Waals surface area (Å²) in [5, 5.41) is 8.38. The van der Waals surface area contributed by atoms with E-state index in [4.69, 9.17) is 5.73 Å². The summed E-state index contributed by atoms with van der Waals surface area (Å²) in [6.45, 7) is 0.682. The molecular weight excluding hydrogens is 256 g/mol. The second-order valence-electron chi connectivity index (χ2n) is 4.28. The number of thioether (sulfide) groups is 1. The number of benzene rings is 2. The van der Waals surface area contributed by atoms with Gasteiger partial charge in [0, 0.05) is 10.6 Å². The molecule has 0 amide bonds. The molecule has 1 heterocycles. The van der Waals surface area contributed by atoms with Crippen LogP contribution < -0.4 is 5.73 Å². The van der Waals surface area contributed by atoms with Crippen LogP contribution in [0.3, 0.4) is 0 Å². The molecule has 2 aromatic carbocycles. The van der Waals surface area contributed by atoms with E-state index in [0.29, 0.717) is 6.54 Å². The first-order valence-electron chi connectivity index (χ1n) is 5.99. The molecular formula is C14H14N4S. The fraction of sp³-hybridized carbons (Fsp3) is 0.143. The molecule has 0 fully saturated rings. The summed E-state index contributed by atoms with van der Waals surface area (Å²) in [5.74, 6) is 0. The molecule has 19 heavy (non-hydrogen) atoms. The standard InChI is InChI=1S/C14H14N4S/c1-19-14-10(5-4-6-11(14)15)9-18-13-8-3-2-7-12(13)16-17-18/h2-8H,9,15H2,1H3. The lowest BCUT2D eigenvalue weighted by molar-refractivity contribution is 0.663. The molecule has 3 aromatic rings. The maximum absolute atomic E-state index is 6.01. The molecule has 0 aliphatic heterocycles. The van der Waals surface area contributed by atoms with Crippen molar-refractivity contribution in [1.82, 2.24) is 15.0 Å². The highest BCUT2D eigenvalue weighted by molar-refractivity contribution is 7.98. The maximum atomic E-state index is 6.01. The van der Waals surface area contributed by atoms with Crippen LogP contribution in [0, 0.1) is 0 Å². The van der Waals surface area contributed by atoms with Crippen molar-refractivity contribution in [1.29, 1.82) is 0 Å². The molecule has 3 rings (SSSR count). The van der Waals surface area contributed by atoms with E-state index in [1.165, 1.54) is 5.56 Å². The van der Waals surface area contributed by atoms with Crippen molar-refractivity contribution in [2.75, 3.05) is 12.0 Å². The number of anilines is 1. The van der Waals surface area contributed by atoms with E-state index < -0.39 is 0 Å². The van der Waals surface area contributed by atoms with Crippen molar-refractivity contribution < 1.29 is 0 Å². The fourth-order valence-electron chi connectivity index (χ4n) is 2.17. The summed E-state index contributed by atoms with van der Waals surface area (Å²) in [6, 6.07) is 13.9. The highest BCUT2D eigenvalue weighted by Crippen LogP contribution is 2.28. The van der Waals surface area contributed by atoms with Crippen LogP contribution in [-0.4, -0.2) is 21.2 Å². The molecule has 0 atom stereocenters. The normalized spacial score (nSPS) is 11.0. The SMILES string of the molecule is CSc1c(N)cccc1Cn1nnc2ccccc21. The minimum Gasteiger partial charge on any atom is -0.398 e. The predicted octanol–water partition coefficient (Wildman–Crippen LogP) is 2.78. The molecule has 0 aliphatic rings. The van der Waals surface area contributed by atoms with Crippen LogP contribution in [0.25, 0.3) is 11.0 Å². The van der Waals surface area contributed by atoms with E-state index in [1.54, 1.807) is 11.8 Å². The van der Waals surface area contributed by atoms with Crippen molar-refractivity contribution >= 4 is 28.5 Å². The quantitative estimate of drug-likeness (QED) is 0.587. The van der Waals surface area contributed by atoms with Crippen LogP contribution in [-0.2, 0) is 6.54 Å². The second kappa shape index (κ2) is 4.93. The number of hydrogen-bond acceptors (Lipinski definition) is 4. The molecule has 0 unspecified atom stereocenters. The molecule has 96 valence electrons. The zero-order valence-corrected chi connectivity index (χ0v) is 11.4. The van der Waals surface area contributed by atoms with Gasteiger partial charge >= 0.3 is 0 Å². The fourth-order valence-corrected chi connectivity index (χ4v) is 2.87. The van der Waals surface area contributed by atoms with Gasteiger partial charge < -0.3 is 5.73 Å². The number of nitrogens with two attached hydrogens (primary N) is 1. The minimum absolute atomic E-state index is 0.682. The number of nitrogen functional groups attached to an aromatic ring is 1. The highest BCUT2D eigenvalue weighted by atomic mass is 32.2.